The molecule has 2 aliphatic rings. The van der Waals surface area contributed by atoms with Gasteiger partial charge >= 0.3 is 5.97 Å². The number of esters is 1. The Kier molecular flexibility index (Phi) is 11.8. The zero-order chi connectivity index (χ0) is 16.8. The number of carbonyl (C=O) groups is 1. The van der Waals surface area contributed by atoms with Crippen LogP contribution in [-0.4, -0.2) is 62.9 Å². The molecule has 2 unspecified atom stereocenters. The van der Waals surface area contributed by atoms with Crippen molar-refractivity contribution < 1.29 is 28.8 Å². The smallest absolute Gasteiger partial charge is 0.330 e. The molecule has 2 aliphatic heterocycles. The van der Waals surface area contributed by atoms with Gasteiger partial charge in [0.15, 0.2) is 0 Å². The van der Waals surface area contributed by atoms with Crippen LogP contribution < -0.4 is 0 Å². The monoisotopic (exact) mass is 330 g/mol. The van der Waals surface area contributed by atoms with E-state index in [9.17, 15) is 4.79 Å². The van der Waals surface area contributed by atoms with Crippen molar-refractivity contribution in [3.05, 3.63) is 12.7 Å². The van der Waals surface area contributed by atoms with E-state index in [1.165, 1.54) is 6.08 Å². The van der Waals surface area contributed by atoms with Gasteiger partial charge in [0.2, 0.25) is 0 Å². The molecule has 0 saturated carbocycles. The molecule has 1 N–H and O–H groups in total. The molecule has 0 radical (unpaired) electrons. The number of aliphatic hydroxyl groups is 1. The topological polar surface area (TPSA) is 80.8 Å². The summed E-state index contributed by atoms with van der Waals surface area (Å²) < 4.78 is 19.9. The van der Waals surface area contributed by atoms with E-state index in [2.05, 4.69) is 6.58 Å². The van der Waals surface area contributed by atoms with Crippen LogP contribution in [0.25, 0.3) is 0 Å². The molecule has 0 aromatic heterocycles. The third-order valence-electron chi connectivity index (χ3n) is 3.38. The van der Waals surface area contributed by atoms with Crippen LogP contribution in [0, 0.1) is 0 Å². The second-order valence-electron chi connectivity index (χ2n) is 5.66. The molecular formula is C17H30O6. The zero-order valence-corrected chi connectivity index (χ0v) is 13.9. The molecule has 2 rings (SSSR count). The van der Waals surface area contributed by atoms with E-state index >= 15 is 0 Å². The number of aliphatic hydroxyl groups excluding tert-OH is 1. The fourth-order valence-corrected chi connectivity index (χ4v) is 1.81. The third kappa shape index (κ3) is 14.4. The van der Waals surface area contributed by atoms with Crippen molar-refractivity contribution >= 4 is 5.97 Å². The normalized spacial score (nSPS) is 21.1. The Morgan fingerprint density at radius 3 is 2.04 bits per heavy atom. The van der Waals surface area contributed by atoms with Crippen LogP contribution in [0.4, 0.5) is 0 Å². The van der Waals surface area contributed by atoms with Crippen molar-refractivity contribution in [2.75, 3.05) is 39.6 Å². The fraction of sp³-hybridized carbons (Fsp3) is 0.824. The number of rotatable bonds is 13. The van der Waals surface area contributed by atoms with Crippen LogP contribution in [0.5, 0.6) is 0 Å². The van der Waals surface area contributed by atoms with Gasteiger partial charge < -0.3 is 24.1 Å². The van der Waals surface area contributed by atoms with Gasteiger partial charge in [-0.3, -0.25) is 0 Å². The fourth-order valence-electron chi connectivity index (χ4n) is 1.81. The number of carbonyl (C=O) groups excluding carboxylic acids is 1. The van der Waals surface area contributed by atoms with E-state index in [1.54, 1.807) is 0 Å². The SMILES string of the molecule is C(OCC1CO1)C1CO1.C=CC(=O)OCCCCCCCCO. The molecule has 0 bridgehead atoms. The van der Waals surface area contributed by atoms with E-state index in [1.807, 2.05) is 0 Å². The molecule has 2 fully saturated rings. The average molecular weight is 330 g/mol. The van der Waals surface area contributed by atoms with Crippen molar-refractivity contribution in [3.63, 3.8) is 0 Å². The van der Waals surface area contributed by atoms with Crippen molar-refractivity contribution in [3.8, 4) is 0 Å². The summed E-state index contributed by atoms with van der Waals surface area (Å²) in [5, 5.41) is 8.53. The van der Waals surface area contributed by atoms with Gasteiger partial charge in [0.1, 0.15) is 12.2 Å². The quantitative estimate of drug-likeness (QED) is 0.240. The molecule has 2 atom stereocenters. The Balaban J connectivity index is 0.000000248. The Hall–Kier alpha value is -0.950. The lowest BCUT2D eigenvalue weighted by Gasteiger charge is -2.01. The first-order valence-electron chi connectivity index (χ1n) is 8.47. The summed E-state index contributed by atoms with van der Waals surface area (Å²) in [7, 11) is 0. The molecule has 2 heterocycles. The number of ether oxygens (including phenoxy) is 4. The van der Waals surface area contributed by atoms with Crippen LogP contribution in [0.2, 0.25) is 0 Å². The minimum Gasteiger partial charge on any atom is -0.463 e. The standard InChI is InChI=1S/C11H20O3.C6H10O3/c1-2-11(13)14-10-8-6-4-3-5-7-9-12;1(5-3-8-5)7-2-6-4-9-6/h2,12H,1,3-10H2;5-6H,1-4H2. The first-order chi connectivity index (χ1) is 11.3. The zero-order valence-electron chi connectivity index (χ0n) is 13.9. The summed E-state index contributed by atoms with van der Waals surface area (Å²) >= 11 is 0. The van der Waals surface area contributed by atoms with E-state index in [0.29, 0.717) is 18.8 Å². The Morgan fingerprint density at radius 2 is 1.57 bits per heavy atom. The molecule has 0 aromatic carbocycles. The van der Waals surface area contributed by atoms with Gasteiger partial charge in [-0.05, 0) is 12.8 Å². The summed E-state index contributed by atoms with van der Waals surface area (Å²) in [6, 6.07) is 0. The summed E-state index contributed by atoms with van der Waals surface area (Å²) in [5.74, 6) is -0.342. The summed E-state index contributed by atoms with van der Waals surface area (Å²) in [6.45, 7) is 7.35. The highest BCUT2D eigenvalue weighted by Crippen LogP contribution is 2.12. The highest BCUT2D eigenvalue weighted by Gasteiger charge is 2.26. The van der Waals surface area contributed by atoms with Gasteiger partial charge in [-0.1, -0.05) is 32.3 Å². The van der Waals surface area contributed by atoms with Gasteiger partial charge in [-0.15, -0.1) is 0 Å². The lowest BCUT2D eigenvalue weighted by atomic mass is 10.1. The third-order valence-corrected chi connectivity index (χ3v) is 3.38. The molecular weight excluding hydrogens is 300 g/mol. The number of unbranched alkanes of at least 4 members (excludes halogenated alkanes) is 5. The van der Waals surface area contributed by atoms with E-state index in [0.717, 1.165) is 65.0 Å². The van der Waals surface area contributed by atoms with Gasteiger partial charge in [-0.2, -0.15) is 0 Å². The van der Waals surface area contributed by atoms with E-state index in [4.69, 9.17) is 24.1 Å². The lowest BCUT2D eigenvalue weighted by molar-refractivity contribution is -0.137. The van der Waals surface area contributed by atoms with Crippen molar-refractivity contribution in [1.82, 2.24) is 0 Å². The highest BCUT2D eigenvalue weighted by molar-refractivity contribution is 5.81. The minimum atomic E-state index is -0.342. The van der Waals surface area contributed by atoms with E-state index < -0.39 is 0 Å². The van der Waals surface area contributed by atoms with Crippen LogP contribution in [-0.2, 0) is 23.7 Å². The van der Waals surface area contributed by atoms with Gasteiger partial charge in [-0.25, -0.2) is 4.79 Å². The second kappa shape index (κ2) is 13.5. The first-order valence-corrected chi connectivity index (χ1v) is 8.47. The van der Waals surface area contributed by atoms with Crippen LogP contribution in [0.1, 0.15) is 38.5 Å². The maximum absolute atomic E-state index is 10.6. The maximum atomic E-state index is 10.6. The largest absolute Gasteiger partial charge is 0.463 e. The minimum absolute atomic E-state index is 0.289. The number of hydrogen-bond acceptors (Lipinski definition) is 6. The predicted octanol–water partition coefficient (Wildman–Crippen LogP) is 1.85. The average Bonchev–Trinajstić information content (AvgIpc) is 3.45. The molecule has 6 heteroatoms. The summed E-state index contributed by atoms with van der Waals surface area (Å²) in [4.78, 5) is 10.6. The van der Waals surface area contributed by atoms with Gasteiger partial charge in [0.05, 0.1) is 33.0 Å². The van der Waals surface area contributed by atoms with Crippen LogP contribution in [0.3, 0.4) is 0 Å². The predicted molar refractivity (Wildman–Crippen MR) is 86.2 cm³/mol. The molecule has 0 aromatic rings. The first kappa shape index (κ1) is 20.1. The Morgan fingerprint density at radius 1 is 1.04 bits per heavy atom. The molecule has 2 saturated heterocycles. The maximum Gasteiger partial charge on any atom is 0.330 e. The highest BCUT2D eigenvalue weighted by atomic mass is 16.6. The Bertz CT molecular complexity index is 300. The van der Waals surface area contributed by atoms with Crippen LogP contribution in [0.15, 0.2) is 12.7 Å². The molecule has 134 valence electrons. The van der Waals surface area contributed by atoms with Crippen LogP contribution >= 0.6 is 0 Å². The molecule has 0 aliphatic carbocycles. The molecule has 23 heavy (non-hydrogen) atoms. The summed E-state index contributed by atoms with van der Waals surface area (Å²) in [6.07, 6.45) is 8.23. The van der Waals surface area contributed by atoms with Crippen molar-refractivity contribution in [2.24, 2.45) is 0 Å². The summed E-state index contributed by atoms with van der Waals surface area (Å²) in [5.41, 5.74) is 0. The van der Waals surface area contributed by atoms with Gasteiger partial charge in [0, 0.05) is 12.7 Å². The van der Waals surface area contributed by atoms with Crippen molar-refractivity contribution in [2.45, 2.75) is 50.7 Å². The number of epoxide rings is 2. The molecule has 0 amide bonds. The second-order valence-corrected chi connectivity index (χ2v) is 5.66. The van der Waals surface area contributed by atoms with Crippen molar-refractivity contribution in [1.29, 1.82) is 0 Å². The molecule has 6 nitrogen and oxygen atoms in total. The Labute approximate surface area is 138 Å². The van der Waals surface area contributed by atoms with Gasteiger partial charge in [0.25, 0.3) is 0 Å². The van der Waals surface area contributed by atoms with E-state index in [-0.39, 0.29) is 12.6 Å². The number of hydrogen-bond donors (Lipinski definition) is 1. The molecule has 0 spiro atoms. The lowest BCUT2D eigenvalue weighted by Crippen LogP contribution is -2.06.